The molecule has 1 amide bonds. The van der Waals surface area contributed by atoms with Crippen molar-refractivity contribution in [2.45, 2.75) is 38.5 Å². The monoisotopic (exact) mass is 416 g/mol. The quantitative estimate of drug-likeness (QED) is 0.629. The second kappa shape index (κ2) is 10.2. The maximum atomic E-state index is 12.3. The second-order valence-electron chi connectivity index (χ2n) is 7.69. The standard InChI is InChI=1S/C23H29ClN2OS/c1-17-4-3-13-26(14-17)22-11-7-20(8-12-22)18(2)25-23(27)16-28-15-19-5-9-21(24)10-6-19/h5-12,17-18H,3-4,13-16H2,1-2H3,(H,25,27). The molecule has 0 radical (unpaired) electrons. The lowest BCUT2D eigenvalue weighted by atomic mass is 9.99. The number of halogens is 1. The Morgan fingerprint density at radius 1 is 1.21 bits per heavy atom. The summed E-state index contributed by atoms with van der Waals surface area (Å²) in [7, 11) is 0. The zero-order valence-electron chi connectivity index (χ0n) is 16.7. The van der Waals surface area contributed by atoms with Crippen LogP contribution in [0, 0.1) is 5.92 Å². The minimum atomic E-state index is 0.0120. The van der Waals surface area contributed by atoms with E-state index in [2.05, 4.69) is 41.4 Å². The van der Waals surface area contributed by atoms with Gasteiger partial charge in [-0.2, -0.15) is 0 Å². The number of nitrogens with one attached hydrogen (secondary N) is 1. The highest BCUT2D eigenvalue weighted by atomic mass is 35.5. The fourth-order valence-corrected chi connectivity index (χ4v) is 4.53. The van der Waals surface area contributed by atoms with E-state index < -0.39 is 0 Å². The maximum Gasteiger partial charge on any atom is 0.230 e. The van der Waals surface area contributed by atoms with Crippen LogP contribution in [-0.4, -0.2) is 24.7 Å². The van der Waals surface area contributed by atoms with E-state index in [1.54, 1.807) is 11.8 Å². The first-order chi connectivity index (χ1) is 13.5. The van der Waals surface area contributed by atoms with E-state index in [9.17, 15) is 4.79 Å². The van der Waals surface area contributed by atoms with Crippen molar-refractivity contribution in [3.8, 4) is 0 Å². The smallest absolute Gasteiger partial charge is 0.230 e. The van der Waals surface area contributed by atoms with E-state index in [1.165, 1.54) is 24.1 Å². The van der Waals surface area contributed by atoms with E-state index in [0.717, 1.165) is 35.3 Å². The fraction of sp³-hybridized carbons (Fsp3) is 0.435. The number of hydrogen-bond donors (Lipinski definition) is 1. The average Bonchev–Trinajstić information content (AvgIpc) is 2.69. The van der Waals surface area contributed by atoms with E-state index in [0.29, 0.717) is 5.75 Å². The lowest BCUT2D eigenvalue weighted by Gasteiger charge is -2.33. The van der Waals surface area contributed by atoms with Gasteiger partial charge in [-0.05, 0) is 61.1 Å². The molecule has 1 fully saturated rings. The van der Waals surface area contributed by atoms with Gasteiger partial charge in [0.05, 0.1) is 11.8 Å². The Labute approximate surface area is 177 Å². The number of carbonyl (C=O) groups is 1. The first-order valence-electron chi connectivity index (χ1n) is 9.97. The highest BCUT2D eigenvalue weighted by Gasteiger charge is 2.17. The summed E-state index contributed by atoms with van der Waals surface area (Å²) in [4.78, 5) is 14.7. The van der Waals surface area contributed by atoms with E-state index >= 15 is 0 Å². The predicted molar refractivity (Wildman–Crippen MR) is 121 cm³/mol. The number of piperidine rings is 1. The van der Waals surface area contributed by atoms with Gasteiger partial charge in [0.1, 0.15) is 0 Å². The summed E-state index contributed by atoms with van der Waals surface area (Å²) in [5.41, 5.74) is 3.61. The molecule has 150 valence electrons. The topological polar surface area (TPSA) is 32.3 Å². The van der Waals surface area contributed by atoms with Gasteiger partial charge in [0.15, 0.2) is 0 Å². The molecular formula is C23H29ClN2OS. The van der Waals surface area contributed by atoms with Crippen molar-refractivity contribution in [1.82, 2.24) is 5.32 Å². The van der Waals surface area contributed by atoms with Gasteiger partial charge in [-0.3, -0.25) is 4.79 Å². The number of nitrogens with zero attached hydrogens (tertiary/aromatic N) is 1. The van der Waals surface area contributed by atoms with Gasteiger partial charge in [0.25, 0.3) is 0 Å². The Bertz CT molecular complexity index is 763. The average molecular weight is 417 g/mol. The van der Waals surface area contributed by atoms with Crippen LogP contribution in [0.3, 0.4) is 0 Å². The van der Waals surface area contributed by atoms with E-state index in [-0.39, 0.29) is 11.9 Å². The molecule has 1 aliphatic heterocycles. The van der Waals surface area contributed by atoms with Crippen molar-refractivity contribution in [3.63, 3.8) is 0 Å². The summed E-state index contributed by atoms with van der Waals surface area (Å²) in [5.74, 6) is 2.09. The summed E-state index contributed by atoms with van der Waals surface area (Å²) >= 11 is 7.52. The first-order valence-corrected chi connectivity index (χ1v) is 11.5. The van der Waals surface area contributed by atoms with Crippen molar-refractivity contribution in [2.24, 2.45) is 5.92 Å². The first kappa shape index (κ1) is 21.1. The molecule has 0 aliphatic carbocycles. The normalized spacial score (nSPS) is 18.0. The van der Waals surface area contributed by atoms with Crippen molar-refractivity contribution >= 4 is 35.0 Å². The van der Waals surface area contributed by atoms with Crippen LogP contribution in [0.25, 0.3) is 0 Å². The van der Waals surface area contributed by atoms with Gasteiger partial charge in [-0.1, -0.05) is 42.8 Å². The summed E-state index contributed by atoms with van der Waals surface area (Å²) in [6, 6.07) is 16.4. The summed E-state index contributed by atoms with van der Waals surface area (Å²) in [5, 5.41) is 3.84. The summed E-state index contributed by atoms with van der Waals surface area (Å²) in [6.07, 6.45) is 2.59. The summed E-state index contributed by atoms with van der Waals surface area (Å²) in [6.45, 7) is 6.64. The minimum Gasteiger partial charge on any atom is -0.371 e. The molecule has 1 saturated heterocycles. The van der Waals surface area contributed by atoms with Gasteiger partial charge in [-0.15, -0.1) is 11.8 Å². The third kappa shape index (κ3) is 6.18. The van der Waals surface area contributed by atoms with Crippen molar-refractivity contribution < 1.29 is 4.79 Å². The second-order valence-corrected chi connectivity index (χ2v) is 9.12. The maximum absolute atomic E-state index is 12.3. The molecule has 1 aliphatic rings. The van der Waals surface area contributed by atoms with Gasteiger partial charge >= 0.3 is 0 Å². The van der Waals surface area contributed by atoms with Crippen LogP contribution in [0.5, 0.6) is 0 Å². The number of anilines is 1. The number of hydrogen-bond acceptors (Lipinski definition) is 3. The molecule has 3 rings (SSSR count). The van der Waals surface area contributed by atoms with Gasteiger partial charge in [-0.25, -0.2) is 0 Å². The molecule has 0 aromatic heterocycles. The molecule has 2 aromatic carbocycles. The molecule has 0 bridgehead atoms. The number of rotatable bonds is 7. The zero-order chi connectivity index (χ0) is 19.9. The van der Waals surface area contributed by atoms with Crippen LogP contribution in [-0.2, 0) is 10.5 Å². The van der Waals surface area contributed by atoms with E-state index in [1.807, 2.05) is 31.2 Å². The Morgan fingerprint density at radius 2 is 1.93 bits per heavy atom. The van der Waals surface area contributed by atoms with Crippen LogP contribution in [0.2, 0.25) is 5.02 Å². The van der Waals surface area contributed by atoms with E-state index in [4.69, 9.17) is 11.6 Å². The Balaban J connectivity index is 1.45. The number of carbonyl (C=O) groups excluding carboxylic acids is 1. The van der Waals surface area contributed by atoms with Crippen LogP contribution in [0.4, 0.5) is 5.69 Å². The Hall–Kier alpha value is -1.65. The fourth-order valence-electron chi connectivity index (χ4n) is 3.61. The SMILES string of the molecule is CC1CCCN(c2ccc(C(C)NC(=O)CSCc3ccc(Cl)cc3)cc2)C1. The lowest BCUT2D eigenvalue weighted by Crippen LogP contribution is -2.34. The minimum absolute atomic E-state index is 0.0120. The Kier molecular flexibility index (Phi) is 7.69. The van der Waals surface area contributed by atoms with Crippen molar-refractivity contribution in [2.75, 3.05) is 23.7 Å². The number of benzene rings is 2. The molecule has 1 N–H and O–H groups in total. The molecule has 2 aromatic rings. The van der Waals surface area contributed by atoms with Crippen LogP contribution in [0.15, 0.2) is 48.5 Å². The van der Waals surface area contributed by atoms with Gasteiger partial charge in [0, 0.05) is 29.6 Å². The molecule has 3 nitrogen and oxygen atoms in total. The molecule has 2 atom stereocenters. The Morgan fingerprint density at radius 3 is 2.61 bits per heavy atom. The highest BCUT2D eigenvalue weighted by molar-refractivity contribution is 7.99. The zero-order valence-corrected chi connectivity index (χ0v) is 18.2. The molecule has 0 saturated carbocycles. The lowest BCUT2D eigenvalue weighted by molar-refractivity contribution is -0.119. The highest BCUT2D eigenvalue weighted by Crippen LogP contribution is 2.24. The van der Waals surface area contributed by atoms with Gasteiger partial charge < -0.3 is 10.2 Å². The number of amides is 1. The predicted octanol–water partition coefficient (Wildman–Crippen LogP) is 5.69. The van der Waals surface area contributed by atoms with Crippen LogP contribution >= 0.6 is 23.4 Å². The largest absolute Gasteiger partial charge is 0.371 e. The third-order valence-corrected chi connectivity index (χ3v) is 6.46. The van der Waals surface area contributed by atoms with Gasteiger partial charge in [0.2, 0.25) is 5.91 Å². The molecule has 5 heteroatoms. The molecule has 1 heterocycles. The van der Waals surface area contributed by atoms with Crippen molar-refractivity contribution in [3.05, 3.63) is 64.7 Å². The molecule has 2 unspecified atom stereocenters. The molecule has 0 spiro atoms. The third-order valence-electron chi connectivity index (χ3n) is 5.21. The van der Waals surface area contributed by atoms with Crippen LogP contribution < -0.4 is 10.2 Å². The number of thioether (sulfide) groups is 1. The molecule has 28 heavy (non-hydrogen) atoms. The van der Waals surface area contributed by atoms with Crippen molar-refractivity contribution in [1.29, 1.82) is 0 Å². The van der Waals surface area contributed by atoms with Crippen LogP contribution in [0.1, 0.15) is 43.9 Å². The summed E-state index contributed by atoms with van der Waals surface area (Å²) < 4.78 is 0. The molecular weight excluding hydrogens is 388 g/mol.